The highest BCUT2D eigenvalue weighted by Crippen LogP contribution is 2.22. The molecular formula is C28H46N4O4S. The van der Waals surface area contributed by atoms with E-state index >= 15 is 0 Å². The number of nitrogens with zero attached hydrogens (tertiary/aromatic N) is 3. The number of carbonyl (C=O) groups excluding carboxylic acids is 2. The summed E-state index contributed by atoms with van der Waals surface area (Å²) in [4.78, 5) is 30.2. The summed E-state index contributed by atoms with van der Waals surface area (Å²) >= 11 is 0. The first-order chi connectivity index (χ1) is 17.6. The number of aryl methyl sites for hydroxylation is 1. The number of sulfonamides is 1. The maximum absolute atomic E-state index is 13.7. The van der Waals surface area contributed by atoms with E-state index in [2.05, 4.69) is 5.32 Å². The molecule has 1 aliphatic carbocycles. The van der Waals surface area contributed by atoms with Gasteiger partial charge >= 0.3 is 6.03 Å². The van der Waals surface area contributed by atoms with Crippen molar-refractivity contribution in [3.8, 4) is 0 Å². The van der Waals surface area contributed by atoms with Crippen molar-refractivity contribution in [2.75, 3.05) is 31.9 Å². The van der Waals surface area contributed by atoms with Crippen LogP contribution >= 0.6 is 0 Å². The van der Waals surface area contributed by atoms with Crippen LogP contribution in [0.3, 0.4) is 0 Å². The number of amides is 3. The highest BCUT2D eigenvalue weighted by molar-refractivity contribution is 7.89. The van der Waals surface area contributed by atoms with Crippen molar-refractivity contribution in [3.05, 3.63) is 35.4 Å². The van der Waals surface area contributed by atoms with Crippen molar-refractivity contribution >= 4 is 22.0 Å². The molecule has 37 heavy (non-hydrogen) atoms. The van der Waals surface area contributed by atoms with Crippen LogP contribution in [0.1, 0.15) is 76.8 Å². The normalized spacial score (nSPS) is 17.8. The highest BCUT2D eigenvalue weighted by atomic mass is 32.2. The zero-order valence-electron chi connectivity index (χ0n) is 23.1. The zero-order chi connectivity index (χ0) is 27.0. The average Bonchev–Trinajstić information content (AvgIpc) is 2.88. The number of benzene rings is 1. The fourth-order valence-corrected chi connectivity index (χ4v) is 6.51. The number of hydrogen-bond donors (Lipinski definition) is 1. The first kappa shape index (κ1) is 29.4. The quantitative estimate of drug-likeness (QED) is 0.489. The molecule has 2 fully saturated rings. The number of likely N-dealkylation sites (tertiary alicyclic amines) is 1. The van der Waals surface area contributed by atoms with Gasteiger partial charge in [-0.1, -0.05) is 62.9 Å². The summed E-state index contributed by atoms with van der Waals surface area (Å²) in [6.07, 6.45) is 7.05. The fourth-order valence-electron chi connectivity index (χ4n) is 5.31. The van der Waals surface area contributed by atoms with Crippen LogP contribution in [-0.2, 0) is 21.4 Å². The van der Waals surface area contributed by atoms with Crippen molar-refractivity contribution in [2.24, 2.45) is 5.92 Å². The molecular weight excluding hydrogens is 488 g/mol. The Morgan fingerprint density at radius 1 is 1.03 bits per heavy atom. The SMILES string of the molecule is CCS(=O)(=O)N(CC(=O)N(Cc1ccc(C)cc1)C1CCN(C(=O)NC2CCCCC2)CC1)CC(C)C. The van der Waals surface area contributed by atoms with Gasteiger partial charge in [-0.2, -0.15) is 4.31 Å². The average molecular weight is 535 g/mol. The van der Waals surface area contributed by atoms with Crippen LogP contribution in [0, 0.1) is 12.8 Å². The second-order valence-corrected chi connectivity index (χ2v) is 13.4. The summed E-state index contributed by atoms with van der Waals surface area (Å²) in [6, 6.07) is 8.34. The van der Waals surface area contributed by atoms with E-state index in [0.29, 0.717) is 39.0 Å². The van der Waals surface area contributed by atoms with E-state index in [9.17, 15) is 18.0 Å². The second-order valence-electron chi connectivity index (χ2n) is 11.1. The van der Waals surface area contributed by atoms with Gasteiger partial charge in [-0.3, -0.25) is 4.79 Å². The molecule has 1 saturated carbocycles. The predicted molar refractivity (Wildman–Crippen MR) is 148 cm³/mol. The van der Waals surface area contributed by atoms with E-state index in [4.69, 9.17) is 0 Å². The molecule has 0 radical (unpaired) electrons. The molecule has 9 heteroatoms. The minimum atomic E-state index is -3.50. The first-order valence-corrected chi connectivity index (χ1v) is 15.6. The van der Waals surface area contributed by atoms with Crippen molar-refractivity contribution in [3.63, 3.8) is 0 Å². The lowest BCUT2D eigenvalue weighted by Gasteiger charge is -2.40. The fraction of sp³-hybridized carbons (Fsp3) is 0.714. The summed E-state index contributed by atoms with van der Waals surface area (Å²) < 4.78 is 26.8. The third-order valence-electron chi connectivity index (χ3n) is 7.56. The Balaban J connectivity index is 1.70. The Morgan fingerprint density at radius 3 is 2.22 bits per heavy atom. The number of nitrogens with one attached hydrogen (secondary N) is 1. The number of rotatable bonds is 10. The Hall–Kier alpha value is -2.13. The van der Waals surface area contributed by atoms with E-state index in [1.807, 2.05) is 54.8 Å². The molecule has 2 aliphatic rings. The number of carbonyl (C=O) groups is 2. The molecule has 1 heterocycles. The predicted octanol–water partition coefficient (Wildman–Crippen LogP) is 4.14. The Morgan fingerprint density at radius 2 is 1.65 bits per heavy atom. The highest BCUT2D eigenvalue weighted by Gasteiger charge is 2.33. The van der Waals surface area contributed by atoms with Gasteiger partial charge < -0.3 is 15.1 Å². The van der Waals surface area contributed by atoms with Crippen LogP contribution in [0.4, 0.5) is 4.79 Å². The lowest BCUT2D eigenvalue weighted by Crippen LogP contribution is -2.54. The van der Waals surface area contributed by atoms with Gasteiger partial charge in [-0.05, 0) is 51.0 Å². The molecule has 1 N–H and O–H groups in total. The van der Waals surface area contributed by atoms with Gasteiger partial charge in [0.15, 0.2) is 0 Å². The topological polar surface area (TPSA) is 90.0 Å². The molecule has 1 saturated heterocycles. The van der Waals surface area contributed by atoms with Crippen molar-refractivity contribution in [1.29, 1.82) is 0 Å². The molecule has 1 aromatic carbocycles. The number of urea groups is 1. The van der Waals surface area contributed by atoms with Crippen LogP contribution < -0.4 is 5.32 Å². The van der Waals surface area contributed by atoms with E-state index < -0.39 is 10.0 Å². The Kier molecular flexibility index (Phi) is 10.8. The minimum Gasteiger partial charge on any atom is -0.335 e. The molecule has 208 valence electrons. The molecule has 1 aromatic rings. The monoisotopic (exact) mass is 534 g/mol. The van der Waals surface area contributed by atoms with Crippen LogP contribution in [0.15, 0.2) is 24.3 Å². The third kappa shape index (κ3) is 8.70. The number of piperidine rings is 1. The van der Waals surface area contributed by atoms with Crippen LogP contribution in [0.25, 0.3) is 0 Å². The maximum Gasteiger partial charge on any atom is 0.317 e. The van der Waals surface area contributed by atoms with Crippen LogP contribution in [0.5, 0.6) is 0 Å². The molecule has 8 nitrogen and oxygen atoms in total. The van der Waals surface area contributed by atoms with Gasteiger partial charge in [-0.15, -0.1) is 0 Å². The molecule has 0 spiro atoms. The molecule has 0 atom stereocenters. The van der Waals surface area contributed by atoms with E-state index in [-0.39, 0.29) is 42.2 Å². The van der Waals surface area contributed by atoms with Gasteiger partial charge in [0.05, 0.1) is 12.3 Å². The molecule has 1 aliphatic heterocycles. The minimum absolute atomic E-state index is 0.00101. The van der Waals surface area contributed by atoms with E-state index in [0.717, 1.165) is 24.0 Å². The molecule has 3 rings (SSSR count). The van der Waals surface area contributed by atoms with Crippen molar-refractivity contribution in [2.45, 2.75) is 91.3 Å². The van der Waals surface area contributed by atoms with E-state index in [1.165, 1.54) is 23.6 Å². The van der Waals surface area contributed by atoms with Gasteiger partial charge in [0.1, 0.15) is 0 Å². The lowest BCUT2D eigenvalue weighted by atomic mass is 9.95. The van der Waals surface area contributed by atoms with Gasteiger partial charge in [-0.25, -0.2) is 13.2 Å². The second kappa shape index (κ2) is 13.6. The third-order valence-corrected chi connectivity index (χ3v) is 9.35. The van der Waals surface area contributed by atoms with Gasteiger partial charge in [0.2, 0.25) is 15.9 Å². The first-order valence-electron chi connectivity index (χ1n) is 14.0. The van der Waals surface area contributed by atoms with Crippen molar-refractivity contribution in [1.82, 2.24) is 19.4 Å². The Labute approximate surface area is 223 Å². The zero-order valence-corrected chi connectivity index (χ0v) is 23.9. The molecule has 0 aromatic heterocycles. The van der Waals surface area contributed by atoms with Gasteiger partial charge in [0.25, 0.3) is 0 Å². The van der Waals surface area contributed by atoms with Gasteiger partial charge in [0, 0.05) is 38.3 Å². The van der Waals surface area contributed by atoms with Crippen LogP contribution in [0.2, 0.25) is 0 Å². The summed E-state index contributed by atoms with van der Waals surface area (Å²) in [5, 5.41) is 3.20. The summed E-state index contributed by atoms with van der Waals surface area (Å²) in [5.41, 5.74) is 2.17. The maximum atomic E-state index is 13.7. The molecule has 3 amide bonds. The van der Waals surface area contributed by atoms with E-state index in [1.54, 1.807) is 6.92 Å². The smallest absolute Gasteiger partial charge is 0.317 e. The van der Waals surface area contributed by atoms with Crippen molar-refractivity contribution < 1.29 is 18.0 Å². The Bertz CT molecular complexity index is 982. The summed E-state index contributed by atoms with van der Waals surface area (Å²) in [6.45, 7) is 9.34. The molecule has 0 unspecified atom stereocenters. The number of hydrogen-bond acceptors (Lipinski definition) is 4. The standard InChI is InChI=1S/C28H46N4O4S/c1-5-37(35,36)31(19-22(2)3)21-27(33)32(20-24-13-11-23(4)12-14-24)26-15-17-30(18-16-26)28(34)29-25-9-7-6-8-10-25/h11-14,22,25-26H,5-10,15-21H2,1-4H3,(H,29,34). The summed E-state index contributed by atoms with van der Waals surface area (Å²) in [7, 11) is -3.50. The molecule has 0 bridgehead atoms. The van der Waals surface area contributed by atoms with Crippen LogP contribution in [-0.4, -0.2) is 78.5 Å². The lowest BCUT2D eigenvalue weighted by molar-refractivity contribution is -0.135. The largest absolute Gasteiger partial charge is 0.335 e. The summed E-state index contributed by atoms with van der Waals surface area (Å²) in [5.74, 6) is -0.0895.